The van der Waals surface area contributed by atoms with Crippen LogP contribution >= 0.6 is 0 Å². The van der Waals surface area contributed by atoms with E-state index < -0.39 is 0 Å². The standard InChI is InChI=1S/C7H7N3O/c11-6-2-4-10(5-6)7-1-3-8-9-7/h1-5,11H,(H,8,9). The van der Waals surface area contributed by atoms with Gasteiger partial charge in [-0.2, -0.15) is 5.10 Å². The molecule has 2 rings (SSSR count). The minimum absolute atomic E-state index is 0.250. The summed E-state index contributed by atoms with van der Waals surface area (Å²) in [6.07, 6.45) is 5.02. The van der Waals surface area contributed by atoms with Crippen LogP contribution in [0.4, 0.5) is 0 Å². The zero-order valence-corrected chi connectivity index (χ0v) is 5.73. The zero-order chi connectivity index (χ0) is 7.68. The van der Waals surface area contributed by atoms with Gasteiger partial charge in [0.2, 0.25) is 0 Å². The van der Waals surface area contributed by atoms with E-state index in [1.807, 2.05) is 6.07 Å². The van der Waals surface area contributed by atoms with Gasteiger partial charge in [0.15, 0.2) is 0 Å². The minimum Gasteiger partial charge on any atom is -0.506 e. The first-order valence-corrected chi connectivity index (χ1v) is 3.23. The summed E-state index contributed by atoms with van der Waals surface area (Å²) in [5.74, 6) is 1.09. The first-order chi connectivity index (χ1) is 5.36. The van der Waals surface area contributed by atoms with Crippen molar-refractivity contribution >= 4 is 0 Å². The first-order valence-electron chi connectivity index (χ1n) is 3.23. The van der Waals surface area contributed by atoms with Crippen LogP contribution in [0.5, 0.6) is 5.75 Å². The quantitative estimate of drug-likeness (QED) is 0.633. The number of rotatable bonds is 1. The third kappa shape index (κ3) is 0.980. The average molecular weight is 149 g/mol. The van der Waals surface area contributed by atoms with Crippen LogP contribution in [-0.4, -0.2) is 19.9 Å². The van der Waals surface area contributed by atoms with Crippen LogP contribution in [0.2, 0.25) is 0 Å². The van der Waals surface area contributed by atoms with Gasteiger partial charge < -0.3 is 9.67 Å². The Bertz CT molecular complexity index is 336. The Hall–Kier alpha value is -1.71. The van der Waals surface area contributed by atoms with E-state index in [4.69, 9.17) is 5.11 Å². The highest BCUT2D eigenvalue weighted by atomic mass is 16.3. The van der Waals surface area contributed by atoms with Gasteiger partial charge in [-0.25, -0.2) is 0 Å². The van der Waals surface area contributed by atoms with Crippen molar-refractivity contribution in [2.75, 3.05) is 0 Å². The van der Waals surface area contributed by atoms with Gasteiger partial charge in [-0.3, -0.25) is 5.10 Å². The maximum absolute atomic E-state index is 9.00. The van der Waals surface area contributed by atoms with E-state index in [-0.39, 0.29) is 5.75 Å². The Balaban J connectivity index is 2.45. The van der Waals surface area contributed by atoms with E-state index >= 15 is 0 Å². The average Bonchev–Trinajstić information content (AvgIpc) is 2.55. The monoisotopic (exact) mass is 149 g/mol. The molecule has 4 nitrogen and oxygen atoms in total. The van der Waals surface area contributed by atoms with Crippen molar-refractivity contribution in [1.29, 1.82) is 0 Å². The summed E-state index contributed by atoms with van der Waals surface area (Å²) in [7, 11) is 0. The van der Waals surface area contributed by atoms with Crippen molar-refractivity contribution in [3.05, 3.63) is 30.7 Å². The van der Waals surface area contributed by atoms with E-state index in [1.54, 1.807) is 29.2 Å². The van der Waals surface area contributed by atoms with E-state index in [2.05, 4.69) is 10.2 Å². The number of nitrogens with one attached hydrogen (secondary N) is 1. The predicted molar refractivity (Wildman–Crippen MR) is 39.6 cm³/mol. The van der Waals surface area contributed by atoms with E-state index in [0.29, 0.717) is 0 Å². The highest BCUT2D eigenvalue weighted by Crippen LogP contribution is 2.11. The second kappa shape index (κ2) is 2.16. The Morgan fingerprint density at radius 1 is 1.45 bits per heavy atom. The molecule has 2 aromatic rings. The molecule has 0 saturated heterocycles. The van der Waals surface area contributed by atoms with Crippen LogP contribution in [0.1, 0.15) is 0 Å². The minimum atomic E-state index is 0.250. The van der Waals surface area contributed by atoms with Gasteiger partial charge in [0.25, 0.3) is 0 Å². The van der Waals surface area contributed by atoms with Gasteiger partial charge in [-0.15, -0.1) is 0 Å². The fraction of sp³-hybridized carbons (Fsp3) is 0. The van der Waals surface area contributed by atoms with Crippen molar-refractivity contribution in [2.45, 2.75) is 0 Å². The molecule has 0 bridgehead atoms. The lowest BCUT2D eigenvalue weighted by atomic mass is 10.6. The summed E-state index contributed by atoms with van der Waals surface area (Å²) in [5, 5.41) is 15.5. The molecule has 0 saturated carbocycles. The summed E-state index contributed by atoms with van der Waals surface area (Å²) in [6, 6.07) is 3.43. The molecule has 0 atom stereocenters. The summed E-state index contributed by atoms with van der Waals surface area (Å²) in [6.45, 7) is 0. The number of hydrogen-bond donors (Lipinski definition) is 2. The topological polar surface area (TPSA) is 53.8 Å². The zero-order valence-electron chi connectivity index (χ0n) is 5.73. The maximum atomic E-state index is 9.00. The number of hydrogen-bond acceptors (Lipinski definition) is 2. The van der Waals surface area contributed by atoms with Crippen molar-refractivity contribution < 1.29 is 5.11 Å². The number of H-pyrrole nitrogens is 1. The van der Waals surface area contributed by atoms with Gasteiger partial charge in [0.1, 0.15) is 11.6 Å². The van der Waals surface area contributed by atoms with Crippen molar-refractivity contribution in [1.82, 2.24) is 14.8 Å². The molecule has 0 spiro atoms. The molecule has 2 aromatic heterocycles. The molecular weight excluding hydrogens is 142 g/mol. The van der Waals surface area contributed by atoms with Gasteiger partial charge in [0.05, 0.1) is 12.4 Å². The van der Waals surface area contributed by atoms with Crippen LogP contribution in [0.25, 0.3) is 5.82 Å². The highest BCUT2D eigenvalue weighted by molar-refractivity contribution is 5.26. The van der Waals surface area contributed by atoms with Crippen molar-refractivity contribution in [2.24, 2.45) is 0 Å². The molecule has 0 aliphatic carbocycles. The highest BCUT2D eigenvalue weighted by Gasteiger charge is 1.96. The fourth-order valence-electron chi connectivity index (χ4n) is 0.927. The Labute approximate surface area is 63.1 Å². The second-order valence-electron chi connectivity index (χ2n) is 2.22. The lowest BCUT2D eigenvalue weighted by Crippen LogP contribution is -1.88. The molecule has 2 heterocycles. The van der Waals surface area contributed by atoms with E-state index in [9.17, 15) is 0 Å². The molecule has 0 amide bonds. The molecule has 11 heavy (non-hydrogen) atoms. The molecule has 0 aliphatic rings. The number of nitrogens with zero attached hydrogens (tertiary/aromatic N) is 2. The van der Waals surface area contributed by atoms with Gasteiger partial charge in [-0.1, -0.05) is 0 Å². The normalized spacial score (nSPS) is 10.2. The van der Waals surface area contributed by atoms with Crippen LogP contribution in [0.3, 0.4) is 0 Å². The Morgan fingerprint density at radius 2 is 2.36 bits per heavy atom. The van der Waals surface area contributed by atoms with Crippen molar-refractivity contribution in [3.63, 3.8) is 0 Å². The molecule has 0 aromatic carbocycles. The molecular formula is C7H7N3O. The SMILES string of the molecule is Oc1ccn(-c2ccn[nH]2)c1. The molecule has 0 aliphatic heterocycles. The van der Waals surface area contributed by atoms with Crippen LogP contribution in [0, 0.1) is 0 Å². The predicted octanol–water partition coefficient (Wildman–Crippen LogP) is 0.906. The largest absolute Gasteiger partial charge is 0.506 e. The Morgan fingerprint density at radius 3 is 2.91 bits per heavy atom. The maximum Gasteiger partial charge on any atom is 0.133 e. The first kappa shape index (κ1) is 6.03. The lowest BCUT2D eigenvalue weighted by Gasteiger charge is -1.93. The second-order valence-corrected chi connectivity index (χ2v) is 2.22. The van der Waals surface area contributed by atoms with Crippen LogP contribution in [-0.2, 0) is 0 Å². The molecule has 4 heteroatoms. The van der Waals surface area contributed by atoms with Gasteiger partial charge in [0, 0.05) is 12.3 Å². The summed E-state index contributed by atoms with van der Waals surface area (Å²) < 4.78 is 1.75. The van der Waals surface area contributed by atoms with E-state index in [1.165, 1.54) is 0 Å². The lowest BCUT2D eigenvalue weighted by molar-refractivity contribution is 0.475. The van der Waals surface area contributed by atoms with Gasteiger partial charge >= 0.3 is 0 Å². The molecule has 2 N–H and O–H groups in total. The number of aromatic nitrogens is 3. The van der Waals surface area contributed by atoms with Crippen molar-refractivity contribution in [3.8, 4) is 11.6 Å². The Kier molecular flexibility index (Phi) is 1.18. The van der Waals surface area contributed by atoms with Crippen LogP contribution < -0.4 is 0 Å². The number of aromatic amines is 1. The summed E-state index contributed by atoms with van der Waals surface area (Å²) in [5.41, 5.74) is 0. The third-order valence-corrected chi connectivity index (χ3v) is 1.44. The fourth-order valence-corrected chi connectivity index (χ4v) is 0.927. The van der Waals surface area contributed by atoms with Crippen LogP contribution in [0.15, 0.2) is 30.7 Å². The third-order valence-electron chi connectivity index (χ3n) is 1.44. The molecule has 0 radical (unpaired) electrons. The number of aromatic hydroxyl groups is 1. The molecule has 56 valence electrons. The smallest absolute Gasteiger partial charge is 0.133 e. The molecule has 0 unspecified atom stereocenters. The van der Waals surface area contributed by atoms with Gasteiger partial charge in [-0.05, 0) is 6.07 Å². The summed E-state index contributed by atoms with van der Waals surface area (Å²) in [4.78, 5) is 0. The van der Waals surface area contributed by atoms with E-state index in [0.717, 1.165) is 5.82 Å². The summed E-state index contributed by atoms with van der Waals surface area (Å²) >= 11 is 0. The molecule has 0 fully saturated rings.